The molecule has 5 heteroatoms. The third kappa shape index (κ3) is 2.61. The fraction of sp³-hybridized carbons (Fsp3) is 0.538. The van der Waals surface area contributed by atoms with Gasteiger partial charge in [0.15, 0.2) is 0 Å². The van der Waals surface area contributed by atoms with Gasteiger partial charge in [0.2, 0.25) is 5.91 Å². The summed E-state index contributed by atoms with van der Waals surface area (Å²) in [6.45, 7) is 3.87. The van der Waals surface area contributed by atoms with Gasteiger partial charge < -0.3 is 14.9 Å². The van der Waals surface area contributed by atoms with Gasteiger partial charge in [0.05, 0.1) is 30.2 Å². The molecule has 1 amide bonds. The van der Waals surface area contributed by atoms with Crippen molar-refractivity contribution in [1.82, 2.24) is 9.88 Å². The number of aromatic nitrogens is 1. The van der Waals surface area contributed by atoms with Crippen LogP contribution in [0.1, 0.15) is 25.1 Å². The summed E-state index contributed by atoms with van der Waals surface area (Å²) in [6.07, 6.45) is 1.87. The van der Waals surface area contributed by atoms with E-state index in [1.54, 1.807) is 11.1 Å². The highest BCUT2D eigenvalue weighted by atomic mass is 16.3. The molecule has 98 valence electrons. The molecule has 1 aromatic rings. The van der Waals surface area contributed by atoms with Crippen molar-refractivity contribution in [2.45, 2.75) is 19.4 Å². The van der Waals surface area contributed by atoms with Gasteiger partial charge in [0.25, 0.3) is 0 Å². The monoisotopic (exact) mass is 249 g/mol. The van der Waals surface area contributed by atoms with Gasteiger partial charge >= 0.3 is 0 Å². The minimum Gasteiger partial charge on any atom is -0.387 e. The van der Waals surface area contributed by atoms with Gasteiger partial charge in [-0.05, 0) is 18.6 Å². The number of amides is 1. The molecule has 1 unspecified atom stereocenters. The molecule has 1 N–H and O–H groups in total. The molecule has 1 atom stereocenters. The number of likely N-dealkylation sites (N-methyl/N-ethyl adjacent to an activating group) is 1. The largest absolute Gasteiger partial charge is 0.387 e. The van der Waals surface area contributed by atoms with E-state index in [4.69, 9.17) is 0 Å². The fourth-order valence-electron chi connectivity index (χ4n) is 1.97. The standard InChI is InChI=1S/C13H19N3O2/c1-3-12(17)11-5-4-10(8-14-11)16-7-6-15(2)13(18)9-16/h4-5,8,12,17H,3,6-7,9H2,1-2H3. The first-order valence-corrected chi connectivity index (χ1v) is 6.24. The number of rotatable bonds is 3. The van der Waals surface area contributed by atoms with Crippen LogP contribution in [0, 0.1) is 0 Å². The predicted octanol–water partition coefficient (Wildman–Crippen LogP) is 0.803. The Balaban J connectivity index is 2.08. The van der Waals surface area contributed by atoms with Crippen LogP contribution in [0.2, 0.25) is 0 Å². The smallest absolute Gasteiger partial charge is 0.241 e. The Morgan fingerprint density at radius 1 is 1.44 bits per heavy atom. The maximum absolute atomic E-state index is 11.6. The van der Waals surface area contributed by atoms with Gasteiger partial charge in [0, 0.05) is 20.1 Å². The molecule has 1 aliphatic heterocycles. The molecule has 0 aliphatic carbocycles. The van der Waals surface area contributed by atoms with Crippen LogP contribution in [0.3, 0.4) is 0 Å². The van der Waals surface area contributed by atoms with Crippen molar-refractivity contribution in [2.75, 3.05) is 31.6 Å². The third-order valence-electron chi connectivity index (χ3n) is 3.32. The van der Waals surface area contributed by atoms with E-state index in [1.807, 2.05) is 31.0 Å². The van der Waals surface area contributed by atoms with Crippen molar-refractivity contribution in [2.24, 2.45) is 0 Å². The summed E-state index contributed by atoms with van der Waals surface area (Å²) in [6, 6.07) is 3.74. The minimum atomic E-state index is -0.506. The molecule has 0 radical (unpaired) electrons. The molecule has 0 aromatic carbocycles. The first-order chi connectivity index (χ1) is 8.61. The van der Waals surface area contributed by atoms with Gasteiger partial charge in [-0.1, -0.05) is 6.92 Å². The first kappa shape index (κ1) is 12.8. The first-order valence-electron chi connectivity index (χ1n) is 6.24. The molecule has 5 nitrogen and oxygen atoms in total. The van der Waals surface area contributed by atoms with Gasteiger partial charge in [-0.25, -0.2) is 0 Å². The number of hydrogen-bond donors (Lipinski definition) is 1. The molecular weight excluding hydrogens is 230 g/mol. The Labute approximate surface area is 107 Å². The van der Waals surface area contributed by atoms with Gasteiger partial charge in [-0.2, -0.15) is 0 Å². The maximum atomic E-state index is 11.6. The van der Waals surface area contributed by atoms with Crippen LogP contribution in [0.25, 0.3) is 0 Å². The van der Waals surface area contributed by atoms with Crippen LogP contribution in [0.5, 0.6) is 0 Å². The number of aliphatic hydroxyl groups excluding tert-OH is 1. The highest BCUT2D eigenvalue weighted by Gasteiger charge is 2.21. The molecule has 18 heavy (non-hydrogen) atoms. The molecule has 1 saturated heterocycles. The van der Waals surface area contributed by atoms with Crippen molar-refractivity contribution in [3.8, 4) is 0 Å². The maximum Gasteiger partial charge on any atom is 0.241 e. The summed E-state index contributed by atoms with van der Waals surface area (Å²) >= 11 is 0. The zero-order chi connectivity index (χ0) is 13.1. The number of nitrogens with zero attached hydrogens (tertiary/aromatic N) is 3. The van der Waals surface area contributed by atoms with E-state index in [1.165, 1.54) is 0 Å². The average molecular weight is 249 g/mol. The van der Waals surface area contributed by atoms with E-state index < -0.39 is 6.10 Å². The number of hydrogen-bond acceptors (Lipinski definition) is 4. The Bertz CT molecular complexity index is 419. The fourth-order valence-corrected chi connectivity index (χ4v) is 1.97. The van der Waals surface area contributed by atoms with Gasteiger partial charge in [0.1, 0.15) is 0 Å². The number of pyridine rings is 1. The number of anilines is 1. The molecule has 1 aromatic heterocycles. The summed E-state index contributed by atoms with van der Waals surface area (Å²) < 4.78 is 0. The van der Waals surface area contributed by atoms with Gasteiger partial charge in [-0.3, -0.25) is 9.78 Å². The van der Waals surface area contributed by atoms with E-state index in [0.29, 0.717) is 18.7 Å². The van der Waals surface area contributed by atoms with E-state index in [0.717, 1.165) is 18.8 Å². The Hall–Kier alpha value is -1.62. The summed E-state index contributed by atoms with van der Waals surface area (Å²) in [5.41, 5.74) is 1.62. The molecule has 2 rings (SSSR count). The van der Waals surface area contributed by atoms with Gasteiger partial charge in [-0.15, -0.1) is 0 Å². The lowest BCUT2D eigenvalue weighted by molar-refractivity contribution is -0.129. The summed E-state index contributed by atoms with van der Waals surface area (Å²) in [5.74, 6) is 0.124. The van der Waals surface area contributed by atoms with Crippen molar-refractivity contribution < 1.29 is 9.90 Å². The summed E-state index contributed by atoms with van der Waals surface area (Å²) in [5, 5.41) is 9.67. The molecule has 0 spiro atoms. The molecule has 1 aliphatic rings. The highest BCUT2D eigenvalue weighted by Crippen LogP contribution is 2.19. The molecule has 0 saturated carbocycles. The second-order valence-electron chi connectivity index (χ2n) is 4.60. The number of aliphatic hydroxyl groups is 1. The second kappa shape index (κ2) is 5.35. The zero-order valence-corrected chi connectivity index (χ0v) is 10.8. The second-order valence-corrected chi connectivity index (χ2v) is 4.60. The van der Waals surface area contributed by atoms with E-state index in [9.17, 15) is 9.90 Å². The lowest BCUT2D eigenvalue weighted by atomic mass is 10.2. The average Bonchev–Trinajstić information content (AvgIpc) is 2.41. The lowest BCUT2D eigenvalue weighted by Crippen LogP contribution is -2.48. The number of piperazine rings is 1. The summed E-state index contributed by atoms with van der Waals surface area (Å²) in [7, 11) is 1.82. The van der Waals surface area contributed by atoms with Crippen LogP contribution in [0.15, 0.2) is 18.3 Å². The van der Waals surface area contributed by atoms with Crippen molar-refractivity contribution in [3.63, 3.8) is 0 Å². The molecular formula is C13H19N3O2. The molecule has 0 bridgehead atoms. The van der Waals surface area contributed by atoms with Crippen LogP contribution in [0.4, 0.5) is 5.69 Å². The summed E-state index contributed by atoms with van der Waals surface area (Å²) in [4.78, 5) is 19.6. The van der Waals surface area contributed by atoms with Crippen molar-refractivity contribution >= 4 is 11.6 Å². The number of carbonyl (C=O) groups excluding carboxylic acids is 1. The number of carbonyl (C=O) groups is 1. The highest BCUT2D eigenvalue weighted by molar-refractivity contribution is 5.82. The molecule has 1 fully saturated rings. The molecule has 2 heterocycles. The Morgan fingerprint density at radius 3 is 2.78 bits per heavy atom. The third-order valence-corrected chi connectivity index (χ3v) is 3.32. The van der Waals surface area contributed by atoms with E-state index in [2.05, 4.69) is 4.98 Å². The zero-order valence-electron chi connectivity index (χ0n) is 10.8. The van der Waals surface area contributed by atoms with Crippen molar-refractivity contribution in [3.05, 3.63) is 24.0 Å². The normalized spacial score (nSPS) is 18.1. The van der Waals surface area contributed by atoms with Crippen LogP contribution in [-0.2, 0) is 4.79 Å². The van der Waals surface area contributed by atoms with Crippen LogP contribution < -0.4 is 4.90 Å². The van der Waals surface area contributed by atoms with E-state index in [-0.39, 0.29) is 5.91 Å². The van der Waals surface area contributed by atoms with Crippen molar-refractivity contribution in [1.29, 1.82) is 0 Å². The van der Waals surface area contributed by atoms with Crippen LogP contribution in [-0.4, -0.2) is 47.6 Å². The van der Waals surface area contributed by atoms with Crippen LogP contribution >= 0.6 is 0 Å². The minimum absolute atomic E-state index is 0.124. The Kier molecular flexibility index (Phi) is 3.81. The lowest BCUT2D eigenvalue weighted by Gasteiger charge is -2.33. The van der Waals surface area contributed by atoms with E-state index >= 15 is 0 Å². The topological polar surface area (TPSA) is 56.7 Å². The SMILES string of the molecule is CCC(O)c1ccc(N2CCN(C)C(=O)C2)cn1. The predicted molar refractivity (Wildman–Crippen MR) is 69.3 cm³/mol. The quantitative estimate of drug-likeness (QED) is 0.861. The Morgan fingerprint density at radius 2 is 2.22 bits per heavy atom.